The number of anilines is 2. The lowest BCUT2D eigenvalue weighted by atomic mass is 10.1. The van der Waals surface area contributed by atoms with Crippen LogP contribution in [0.5, 0.6) is 5.75 Å². The second kappa shape index (κ2) is 4.04. The van der Waals surface area contributed by atoms with Gasteiger partial charge in [-0.05, 0) is 26.0 Å². The lowest BCUT2D eigenvalue weighted by Crippen LogP contribution is -2.43. The van der Waals surface area contributed by atoms with Gasteiger partial charge in [0.15, 0.2) is 0 Å². The minimum Gasteiger partial charge on any atom is -0.492 e. The molecule has 0 radical (unpaired) electrons. The molecule has 0 spiro atoms. The number of rotatable bonds is 2. The fraction of sp³-hybridized carbons (Fsp3) is 0.417. The Balaban J connectivity index is 2.47. The first kappa shape index (κ1) is 10.8. The summed E-state index contributed by atoms with van der Waals surface area (Å²) in [6, 6.07) is 5.63. The molecule has 0 aromatic heterocycles. The highest BCUT2D eigenvalue weighted by Gasteiger charge is 2.28. The summed E-state index contributed by atoms with van der Waals surface area (Å²) in [5, 5.41) is 2.89. The molecule has 0 saturated carbocycles. The minimum absolute atomic E-state index is 0.00199. The Labute approximate surface area is 95.2 Å². The largest absolute Gasteiger partial charge is 0.492 e. The third-order valence-electron chi connectivity index (χ3n) is 2.89. The van der Waals surface area contributed by atoms with E-state index in [4.69, 9.17) is 4.74 Å². The number of benzene rings is 1. The first-order chi connectivity index (χ1) is 7.65. The molecule has 0 aliphatic carbocycles. The molecule has 86 valence electrons. The van der Waals surface area contributed by atoms with Crippen molar-refractivity contribution in [3.63, 3.8) is 0 Å². The highest BCUT2D eigenvalue weighted by Crippen LogP contribution is 2.38. The molecule has 0 saturated heterocycles. The Morgan fingerprint density at radius 1 is 1.50 bits per heavy atom. The van der Waals surface area contributed by atoms with E-state index in [0.29, 0.717) is 6.61 Å². The van der Waals surface area contributed by atoms with Crippen LogP contribution in [0.4, 0.5) is 11.4 Å². The van der Waals surface area contributed by atoms with Gasteiger partial charge in [-0.25, -0.2) is 0 Å². The van der Waals surface area contributed by atoms with Gasteiger partial charge in [0.05, 0.1) is 12.3 Å². The topological polar surface area (TPSA) is 41.6 Å². The predicted molar refractivity (Wildman–Crippen MR) is 64.1 cm³/mol. The van der Waals surface area contributed by atoms with Crippen LogP contribution in [-0.2, 0) is 4.79 Å². The number of ether oxygens (including phenoxy) is 1. The molecule has 0 fully saturated rings. The average molecular weight is 220 g/mol. The molecule has 4 heteroatoms. The standard InChI is InChI=1S/C12H16N2O2/c1-4-16-10-7-5-6-9-11(10)13-12(15)8(2)14(9)3/h5-8H,4H2,1-3H3,(H,13,15). The summed E-state index contributed by atoms with van der Waals surface area (Å²) in [5.41, 5.74) is 1.77. The van der Waals surface area contributed by atoms with Gasteiger partial charge in [-0.1, -0.05) is 6.07 Å². The maximum absolute atomic E-state index is 11.7. The lowest BCUT2D eigenvalue weighted by molar-refractivity contribution is -0.117. The second-order valence-corrected chi connectivity index (χ2v) is 3.86. The van der Waals surface area contributed by atoms with E-state index in [-0.39, 0.29) is 11.9 Å². The van der Waals surface area contributed by atoms with Gasteiger partial charge < -0.3 is 15.0 Å². The van der Waals surface area contributed by atoms with Crippen molar-refractivity contribution in [1.82, 2.24) is 0 Å². The van der Waals surface area contributed by atoms with E-state index >= 15 is 0 Å². The van der Waals surface area contributed by atoms with Crippen molar-refractivity contribution in [3.05, 3.63) is 18.2 Å². The van der Waals surface area contributed by atoms with E-state index < -0.39 is 0 Å². The predicted octanol–water partition coefficient (Wildman–Crippen LogP) is 1.86. The van der Waals surface area contributed by atoms with E-state index in [1.165, 1.54) is 0 Å². The molecule has 1 heterocycles. The molecule has 1 aromatic carbocycles. The minimum atomic E-state index is -0.149. The van der Waals surface area contributed by atoms with Crippen molar-refractivity contribution >= 4 is 17.3 Å². The normalized spacial score (nSPS) is 19.1. The highest BCUT2D eigenvalue weighted by atomic mass is 16.5. The monoisotopic (exact) mass is 220 g/mol. The van der Waals surface area contributed by atoms with Crippen LogP contribution < -0.4 is 15.0 Å². The van der Waals surface area contributed by atoms with Crippen LogP contribution in [0.2, 0.25) is 0 Å². The Morgan fingerprint density at radius 3 is 2.94 bits per heavy atom. The van der Waals surface area contributed by atoms with Crippen LogP contribution in [0, 0.1) is 0 Å². The summed E-state index contributed by atoms with van der Waals surface area (Å²) in [7, 11) is 1.91. The van der Waals surface area contributed by atoms with E-state index in [9.17, 15) is 4.79 Å². The average Bonchev–Trinajstić information content (AvgIpc) is 2.28. The fourth-order valence-corrected chi connectivity index (χ4v) is 1.83. The Bertz CT molecular complexity index is 417. The first-order valence-electron chi connectivity index (χ1n) is 5.44. The van der Waals surface area contributed by atoms with Gasteiger partial charge in [-0.3, -0.25) is 4.79 Å². The third-order valence-corrected chi connectivity index (χ3v) is 2.89. The van der Waals surface area contributed by atoms with Crippen molar-refractivity contribution in [1.29, 1.82) is 0 Å². The van der Waals surface area contributed by atoms with Crippen molar-refractivity contribution < 1.29 is 9.53 Å². The number of nitrogens with zero attached hydrogens (tertiary/aromatic N) is 1. The number of carbonyl (C=O) groups is 1. The molecule has 0 bridgehead atoms. The summed E-state index contributed by atoms with van der Waals surface area (Å²) in [4.78, 5) is 13.7. The molecule has 2 rings (SSSR count). The van der Waals surface area contributed by atoms with Gasteiger partial charge in [0.25, 0.3) is 0 Å². The van der Waals surface area contributed by atoms with Gasteiger partial charge in [0.2, 0.25) is 5.91 Å². The zero-order chi connectivity index (χ0) is 11.7. The maximum atomic E-state index is 11.7. The number of amides is 1. The van der Waals surface area contributed by atoms with E-state index in [0.717, 1.165) is 17.1 Å². The summed E-state index contributed by atoms with van der Waals surface area (Å²) in [6.07, 6.45) is 0. The molecule has 1 aromatic rings. The van der Waals surface area contributed by atoms with Crippen LogP contribution in [0.15, 0.2) is 18.2 Å². The van der Waals surface area contributed by atoms with Crippen molar-refractivity contribution in [2.24, 2.45) is 0 Å². The molecule has 1 aliphatic heterocycles. The van der Waals surface area contributed by atoms with Crippen molar-refractivity contribution in [2.45, 2.75) is 19.9 Å². The first-order valence-corrected chi connectivity index (χ1v) is 5.44. The van der Waals surface area contributed by atoms with Gasteiger partial charge >= 0.3 is 0 Å². The number of hydrogen-bond donors (Lipinski definition) is 1. The van der Waals surface area contributed by atoms with E-state index in [1.807, 2.05) is 44.0 Å². The Morgan fingerprint density at radius 2 is 2.25 bits per heavy atom. The van der Waals surface area contributed by atoms with E-state index in [1.54, 1.807) is 0 Å². The smallest absolute Gasteiger partial charge is 0.246 e. The molecular formula is C12H16N2O2. The lowest BCUT2D eigenvalue weighted by Gasteiger charge is -2.33. The number of nitrogens with one attached hydrogen (secondary N) is 1. The summed E-state index contributed by atoms with van der Waals surface area (Å²) >= 11 is 0. The SMILES string of the molecule is CCOc1cccc2c1NC(=O)C(C)N2C. The quantitative estimate of drug-likeness (QED) is 0.827. The number of likely N-dealkylation sites (N-methyl/N-ethyl adjacent to an activating group) is 1. The third kappa shape index (κ3) is 1.60. The Kier molecular flexibility index (Phi) is 2.73. The van der Waals surface area contributed by atoms with Crippen LogP contribution in [0.25, 0.3) is 0 Å². The summed E-state index contributed by atoms with van der Waals surface area (Å²) < 4.78 is 5.49. The number of hydrogen-bond acceptors (Lipinski definition) is 3. The second-order valence-electron chi connectivity index (χ2n) is 3.86. The zero-order valence-electron chi connectivity index (χ0n) is 9.78. The van der Waals surface area contributed by atoms with E-state index in [2.05, 4.69) is 5.32 Å². The molecule has 1 unspecified atom stereocenters. The van der Waals surface area contributed by atoms with Gasteiger partial charge in [-0.15, -0.1) is 0 Å². The highest BCUT2D eigenvalue weighted by molar-refractivity contribution is 6.04. The fourth-order valence-electron chi connectivity index (χ4n) is 1.83. The summed E-state index contributed by atoms with van der Waals surface area (Å²) in [6.45, 7) is 4.40. The summed E-state index contributed by atoms with van der Waals surface area (Å²) in [5.74, 6) is 0.731. The zero-order valence-corrected chi connectivity index (χ0v) is 9.78. The molecule has 1 atom stereocenters. The maximum Gasteiger partial charge on any atom is 0.246 e. The number of fused-ring (bicyclic) bond motifs is 1. The molecule has 1 aliphatic rings. The van der Waals surface area contributed by atoms with Crippen LogP contribution >= 0.6 is 0 Å². The number of para-hydroxylation sites is 1. The van der Waals surface area contributed by atoms with Gasteiger partial charge in [0, 0.05) is 7.05 Å². The molecular weight excluding hydrogens is 204 g/mol. The molecule has 1 N–H and O–H groups in total. The molecule has 16 heavy (non-hydrogen) atoms. The number of carbonyl (C=O) groups excluding carboxylic acids is 1. The van der Waals surface area contributed by atoms with Crippen LogP contribution in [-0.4, -0.2) is 25.6 Å². The molecule has 1 amide bonds. The van der Waals surface area contributed by atoms with Crippen LogP contribution in [0.3, 0.4) is 0 Å². The van der Waals surface area contributed by atoms with Gasteiger partial charge in [0.1, 0.15) is 17.5 Å². The van der Waals surface area contributed by atoms with Crippen molar-refractivity contribution in [2.75, 3.05) is 23.9 Å². The van der Waals surface area contributed by atoms with Gasteiger partial charge in [-0.2, -0.15) is 0 Å². The van der Waals surface area contributed by atoms with Crippen molar-refractivity contribution in [3.8, 4) is 5.75 Å². The Hall–Kier alpha value is -1.71. The molecule has 4 nitrogen and oxygen atoms in total. The van der Waals surface area contributed by atoms with Crippen LogP contribution in [0.1, 0.15) is 13.8 Å².